The fourth-order valence-electron chi connectivity index (χ4n) is 0.666. The van der Waals surface area contributed by atoms with E-state index in [1.807, 2.05) is 5.38 Å². The van der Waals surface area contributed by atoms with Gasteiger partial charge in [0.05, 0.1) is 4.88 Å². The lowest BCUT2D eigenvalue weighted by Gasteiger charge is -2.04. The zero-order valence-electron chi connectivity index (χ0n) is 6.11. The number of nitrogens with two attached hydrogens (primary N) is 1. The summed E-state index contributed by atoms with van der Waals surface area (Å²) in [6.07, 6.45) is -0.825. The average molecular weight is 171 g/mol. The molecule has 3 nitrogen and oxygen atoms in total. The molecule has 0 bridgehead atoms. The molecule has 0 saturated carbocycles. The molecular formula is C7H9NO2S. The van der Waals surface area contributed by atoms with Gasteiger partial charge < -0.3 is 4.74 Å². The molecule has 1 rings (SSSR count). The fourth-order valence-corrected chi connectivity index (χ4v) is 1.36. The van der Waals surface area contributed by atoms with E-state index in [2.05, 4.69) is 4.74 Å². The molecule has 0 spiro atoms. The van der Waals surface area contributed by atoms with Crippen molar-refractivity contribution in [3.8, 4) is 0 Å². The highest BCUT2D eigenvalue weighted by Crippen LogP contribution is 2.10. The number of rotatable bonds is 3. The predicted molar refractivity (Wildman–Crippen MR) is 43.6 cm³/mol. The summed E-state index contributed by atoms with van der Waals surface area (Å²) < 4.78 is 4.67. The van der Waals surface area contributed by atoms with Gasteiger partial charge in [-0.15, -0.1) is 11.3 Å². The van der Waals surface area contributed by atoms with E-state index in [-0.39, 0.29) is 5.78 Å². The largest absolute Gasteiger partial charge is 0.359 e. The van der Waals surface area contributed by atoms with E-state index in [0.29, 0.717) is 4.88 Å². The third kappa shape index (κ3) is 1.86. The van der Waals surface area contributed by atoms with Gasteiger partial charge in [0.2, 0.25) is 5.78 Å². The number of thiophene rings is 1. The number of hydrogen-bond acceptors (Lipinski definition) is 4. The van der Waals surface area contributed by atoms with E-state index in [4.69, 9.17) is 5.73 Å². The van der Waals surface area contributed by atoms with Gasteiger partial charge >= 0.3 is 0 Å². The second kappa shape index (κ2) is 3.61. The first-order valence-electron chi connectivity index (χ1n) is 3.12. The molecule has 0 aromatic carbocycles. The highest BCUT2D eigenvalue weighted by atomic mass is 32.1. The van der Waals surface area contributed by atoms with E-state index >= 15 is 0 Å². The van der Waals surface area contributed by atoms with Gasteiger partial charge in [0.1, 0.15) is 0 Å². The summed E-state index contributed by atoms with van der Waals surface area (Å²) in [6.45, 7) is 0. The molecule has 1 heterocycles. The van der Waals surface area contributed by atoms with Crippen molar-refractivity contribution >= 4 is 17.1 Å². The van der Waals surface area contributed by atoms with Crippen molar-refractivity contribution in [2.24, 2.45) is 5.73 Å². The monoisotopic (exact) mass is 171 g/mol. The van der Waals surface area contributed by atoms with Crippen molar-refractivity contribution in [2.45, 2.75) is 6.23 Å². The Morgan fingerprint density at radius 3 is 3.00 bits per heavy atom. The summed E-state index contributed by atoms with van der Waals surface area (Å²) in [6, 6.07) is 3.53. The lowest BCUT2D eigenvalue weighted by molar-refractivity contribution is 0.0628. The second-order valence-corrected chi connectivity index (χ2v) is 2.95. The Morgan fingerprint density at radius 1 is 1.82 bits per heavy atom. The molecule has 0 radical (unpaired) electrons. The van der Waals surface area contributed by atoms with Crippen LogP contribution in [0.25, 0.3) is 0 Å². The summed E-state index contributed by atoms with van der Waals surface area (Å²) >= 11 is 1.37. The number of methoxy groups -OCH3 is 1. The lowest BCUT2D eigenvalue weighted by atomic mass is 10.3. The van der Waals surface area contributed by atoms with E-state index in [1.165, 1.54) is 18.4 Å². The van der Waals surface area contributed by atoms with Gasteiger partial charge in [0.15, 0.2) is 6.23 Å². The van der Waals surface area contributed by atoms with Crippen molar-refractivity contribution < 1.29 is 9.53 Å². The Balaban J connectivity index is 2.70. The molecule has 60 valence electrons. The smallest absolute Gasteiger partial charge is 0.216 e. The summed E-state index contributed by atoms with van der Waals surface area (Å²) in [4.78, 5) is 11.8. The number of carbonyl (C=O) groups excluding carboxylic acids is 1. The highest BCUT2D eigenvalue weighted by molar-refractivity contribution is 7.12. The molecule has 0 saturated heterocycles. The zero-order chi connectivity index (χ0) is 8.27. The van der Waals surface area contributed by atoms with Crippen LogP contribution in [-0.2, 0) is 4.74 Å². The zero-order valence-corrected chi connectivity index (χ0v) is 6.93. The number of hydrogen-bond donors (Lipinski definition) is 1. The molecule has 2 N–H and O–H groups in total. The van der Waals surface area contributed by atoms with E-state index in [9.17, 15) is 4.79 Å². The minimum Gasteiger partial charge on any atom is -0.359 e. The number of ketones is 1. The molecule has 0 amide bonds. The molecule has 0 aliphatic rings. The first-order chi connectivity index (χ1) is 5.25. The van der Waals surface area contributed by atoms with Crippen LogP contribution in [0.4, 0.5) is 0 Å². The molecule has 11 heavy (non-hydrogen) atoms. The van der Waals surface area contributed by atoms with Crippen LogP contribution >= 0.6 is 11.3 Å². The third-order valence-corrected chi connectivity index (χ3v) is 2.16. The first kappa shape index (κ1) is 8.39. The molecule has 0 aliphatic heterocycles. The highest BCUT2D eigenvalue weighted by Gasteiger charge is 2.14. The van der Waals surface area contributed by atoms with Crippen molar-refractivity contribution in [3.05, 3.63) is 22.4 Å². The molecule has 1 aromatic rings. The molecule has 1 aromatic heterocycles. The minimum atomic E-state index is -0.825. The SMILES string of the molecule is COC(N)C(=O)c1cccs1. The Morgan fingerprint density at radius 2 is 2.55 bits per heavy atom. The normalized spacial score (nSPS) is 12.9. The van der Waals surface area contributed by atoms with E-state index in [0.717, 1.165) is 0 Å². The van der Waals surface area contributed by atoms with Crippen molar-refractivity contribution in [1.29, 1.82) is 0 Å². The predicted octanol–water partition coefficient (Wildman–Crippen LogP) is 0.862. The number of carbonyl (C=O) groups is 1. The van der Waals surface area contributed by atoms with Crippen molar-refractivity contribution in [3.63, 3.8) is 0 Å². The van der Waals surface area contributed by atoms with Gasteiger partial charge in [-0.05, 0) is 11.4 Å². The molecule has 4 heteroatoms. The number of Topliss-reactive ketones (excluding diaryl/α,β-unsaturated/α-hetero) is 1. The quantitative estimate of drug-likeness (QED) is 0.542. The Kier molecular flexibility index (Phi) is 2.76. The first-order valence-corrected chi connectivity index (χ1v) is 3.99. The third-order valence-electron chi connectivity index (χ3n) is 1.28. The van der Waals surface area contributed by atoms with Crippen molar-refractivity contribution in [1.82, 2.24) is 0 Å². The van der Waals surface area contributed by atoms with Crippen LogP contribution < -0.4 is 5.73 Å². The van der Waals surface area contributed by atoms with Gasteiger partial charge in [-0.25, -0.2) is 0 Å². The summed E-state index contributed by atoms with van der Waals surface area (Å²) in [7, 11) is 1.41. The van der Waals surface area contributed by atoms with Gasteiger partial charge in [0.25, 0.3) is 0 Å². The summed E-state index contributed by atoms with van der Waals surface area (Å²) in [5.74, 6) is -0.164. The standard InChI is InChI=1S/C7H9NO2S/c1-10-7(8)6(9)5-3-2-4-11-5/h2-4,7H,8H2,1H3. The van der Waals surface area contributed by atoms with Gasteiger partial charge in [-0.2, -0.15) is 0 Å². The minimum absolute atomic E-state index is 0.164. The van der Waals surface area contributed by atoms with Crippen LogP contribution in [0.2, 0.25) is 0 Å². The van der Waals surface area contributed by atoms with Gasteiger partial charge in [0, 0.05) is 7.11 Å². The van der Waals surface area contributed by atoms with Crippen LogP contribution in [-0.4, -0.2) is 19.1 Å². The van der Waals surface area contributed by atoms with Crippen LogP contribution in [0, 0.1) is 0 Å². The maximum atomic E-state index is 11.2. The van der Waals surface area contributed by atoms with Crippen LogP contribution in [0.15, 0.2) is 17.5 Å². The van der Waals surface area contributed by atoms with Crippen LogP contribution in [0.1, 0.15) is 9.67 Å². The molecule has 0 fully saturated rings. The van der Waals surface area contributed by atoms with Crippen LogP contribution in [0.3, 0.4) is 0 Å². The molecule has 1 atom stereocenters. The fraction of sp³-hybridized carbons (Fsp3) is 0.286. The second-order valence-electron chi connectivity index (χ2n) is 2.00. The van der Waals surface area contributed by atoms with Crippen LogP contribution in [0.5, 0.6) is 0 Å². The molecular weight excluding hydrogens is 162 g/mol. The van der Waals surface area contributed by atoms with Gasteiger partial charge in [-0.3, -0.25) is 10.5 Å². The molecule has 0 aliphatic carbocycles. The van der Waals surface area contributed by atoms with E-state index in [1.54, 1.807) is 12.1 Å². The summed E-state index contributed by atoms with van der Waals surface area (Å²) in [5, 5.41) is 1.83. The van der Waals surface area contributed by atoms with Gasteiger partial charge in [-0.1, -0.05) is 6.07 Å². The average Bonchev–Trinajstić information content (AvgIpc) is 2.53. The maximum absolute atomic E-state index is 11.2. The summed E-state index contributed by atoms with van der Waals surface area (Å²) in [5.41, 5.74) is 5.34. The Labute approximate surface area is 68.8 Å². The maximum Gasteiger partial charge on any atom is 0.216 e. The topological polar surface area (TPSA) is 52.3 Å². The Hall–Kier alpha value is -0.710. The van der Waals surface area contributed by atoms with Crippen molar-refractivity contribution in [2.75, 3.05) is 7.11 Å². The number of ether oxygens (including phenoxy) is 1. The lowest BCUT2D eigenvalue weighted by Crippen LogP contribution is -2.31. The molecule has 1 unspecified atom stereocenters. The van der Waals surface area contributed by atoms with E-state index < -0.39 is 6.23 Å². The Bertz CT molecular complexity index is 233.